The van der Waals surface area contributed by atoms with Gasteiger partial charge in [0.1, 0.15) is 0 Å². The van der Waals surface area contributed by atoms with Crippen molar-refractivity contribution in [3.8, 4) is 6.07 Å². The van der Waals surface area contributed by atoms with Gasteiger partial charge in [0, 0.05) is 33.2 Å². The lowest BCUT2D eigenvalue weighted by atomic mass is 10.00. The minimum Gasteiger partial charge on any atom is -0.381 e. The van der Waals surface area contributed by atoms with E-state index in [1.165, 1.54) is 12.8 Å². The highest BCUT2D eigenvalue weighted by atomic mass is 16.5. The van der Waals surface area contributed by atoms with E-state index >= 15 is 0 Å². The molecule has 3 nitrogen and oxygen atoms in total. The van der Waals surface area contributed by atoms with E-state index in [0.29, 0.717) is 11.5 Å². The molecule has 0 bridgehead atoms. The van der Waals surface area contributed by atoms with Gasteiger partial charge < -0.3 is 9.64 Å². The lowest BCUT2D eigenvalue weighted by Gasteiger charge is -2.33. The number of methoxy groups -OCH3 is 1. The molecule has 0 N–H and O–H groups in total. The first-order valence-electron chi connectivity index (χ1n) is 5.90. The van der Waals surface area contributed by atoms with Crippen LogP contribution in [-0.2, 0) is 4.74 Å². The van der Waals surface area contributed by atoms with Crippen molar-refractivity contribution >= 4 is 0 Å². The van der Waals surface area contributed by atoms with Crippen LogP contribution in [-0.4, -0.2) is 37.7 Å². The minimum atomic E-state index is 0.370. The standard InChI is InChI=1S/C12H20N2O/c1-15-11-2-8-14(9-3-11)10-12(4-5-12)6-7-13/h11H,2-6,8-10H2,1H3. The summed E-state index contributed by atoms with van der Waals surface area (Å²) in [5, 5.41) is 8.76. The molecule has 2 fully saturated rings. The molecular formula is C12H20N2O. The van der Waals surface area contributed by atoms with Gasteiger partial charge in [-0.1, -0.05) is 0 Å². The smallest absolute Gasteiger partial charge is 0.0628 e. The normalized spacial score (nSPS) is 26.1. The molecule has 0 radical (unpaired) electrons. The Hall–Kier alpha value is -0.590. The van der Waals surface area contributed by atoms with Crippen molar-refractivity contribution in [1.82, 2.24) is 4.90 Å². The van der Waals surface area contributed by atoms with E-state index in [4.69, 9.17) is 10.00 Å². The predicted octanol–water partition coefficient (Wildman–Crippen LogP) is 1.79. The topological polar surface area (TPSA) is 36.3 Å². The monoisotopic (exact) mass is 208 g/mol. The van der Waals surface area contributed by atoms with Crippen molar-refractivity contribution in [3.05, 3.63) is 0 Å². The van der Waals surface area contributed by atoms with E-state index in [0.717, 1.165) is 38.9 Å². The van der Waals surface area contributed by atoms with E-state index in [1.54, 1.807) is 7.11 Å². The molecular weight excluding hydrogens is 188 g/mol. The van der Waals surface area contributed by atoms with Gasteiger partial charge in [0.25, 0.3) is 0 Å². The summed E-state index contributed by atoms with van der Waals surface area (Å²) in [4.78, 5) is 2.51. The Morgan fingerprint density at radius 3 is 2.53 bits per heavy atom. The van der Waals surface area contributed by atoms with Gasteiger partial charge in [0.05, 0.1) is 12.2 Å². The minimum absolute atomic E-state index is 0.370. The first kappa shape index (κ1) is 10.9. The van der Waals surface area contributed by atoms with Crippen LogP contribution in [0.1, 0.15) is 32.1 Å². The van der Waals surface area contributed by atoms with E-state index in [2.05, 4.69) is 11.0 Å². The van der Waals surface area contributed by atoms with E-state index in [1.807, 2.05) is 0 Å². The van der Waals surface area contributed by atoms with Gasteiger partial charge in [-0.3, -0.25) is 0 Å². The van der Waals surface area contributed by atoms with Crippen LogP contribution in [0.2, 0.25) is 0 Å². The third kappa shape index (κ3) is 2.70. The first-order valence-corrected chi connectivity index (χ1v) is 5.90. The van der Waals surface area contributed by atoms with Crippen LogP contribution in [0, 0.1) is 16.7 Å². The highest BCUT2D eigenvalue weighted by Crippen LogP contribution is 2.49. The Balaban J connectivity index is 1.75. The zero-order valence-electron chi connectivity index (χ0n) is 9.54. The van der Waals surface area contributed by atoms with E-state index in [9.17, 15) is 0 Å². The van der Waals surface area contributed by atoms with Crippen LogP contribution >= 0.6 is 0 Å². The molecule has 0 aromatic heterocycles. The number of likely N-dealkylation sites (tertiary alicyclic amines) is 1. The summed E-state index contributed by atoms with van der Waals surface area (Å²) >= 11 is 0. The average molecular weight is 208 g/mol. The molecule has 1 saturated carbocycles. The van der Waals surface area contributed by atoms with Crippen LogP contribution < -0.4 is 0 Å². The maximum Gasteiger partial charge on any atom is 0.0628 e. The van der Waals surface area contributed by atoms with Crippen molar-refractivity contribution in [3.63, 3.8) is 0 Å². The van der Waals surface area contributed by atoms with Crippen LogP contribution in [0.3, 0.4) is 0 Å². The molecule has 2 aliphatic rings. The van der Waals surface area contributed by atoms with Crippen molar-refractivity contribution in [2.45, 2.75) is 38.2 Å². The maximum absolute atomic E-state index is 8.76. The third-order valence-corrected chi connectivity index (χ3v) is 3.84. The highest BCUT2D eigenvalue weighted by molar-refractivity contribution is 5.01. The molecule has 0 amide bonds. The van der Waals surface area contributed by atoms with Crippen LogP contribution in [0.15, 0.2) is 0 Å². The molecule has 84 valence electrons. The van der Waals surface area contributed by atoms with Gasteiger partial charge in [-0.2, -0.15) is 5.26 Å². The number of ether oxygens (including phenoxy) is 1. The Morgan fingerprint density at radius 2 is 2.07 bits per heavy atom. The zero-order valence-corrected chi connectivity index (χ0v) is 9.54. The van der Waals surface area contributed by atoms with Crippen LogP contribution in [0.5, 0.6) is 0 Å². The second kappa shape index (κ2) is 4.51. The predicted molar refractivity (Wildman–Crippen MR) is 58.4 cm³/mol. The number of hydrogen-bond acceptors (Lipinski definition) is 3. The lowest BCUT2D eigenvalue weighted by molar-refractivity contribution is 0.0352. The average Bonchev–Trinajstić information content (AvgIpc) is 3.00. The molecule has 0 unspecified atom stereocenters. The molecule has 1 aliphatic carbocycles. The van der Waals surface area contributed by atoms with E-state index in [-0.39, 0.29) is 0 Å². The van der Waals surface area contributed by atoms with Crippen molar-refractivity contribution in [1.29, 1.82) is 5.26 Å². The molecule has 0 aromatic rings. The summed E-state index contributed by atoms with van der Waals surface area (Å²) in [6.45, 7) is 3.42. The Morgan fingerprint density at radius 1 is 1.40 bits per heavy atom. The largest absolute Gasteiger partial charge is 0.381 e. The Kier molecular flexibility index (Phi) is 3.28. The fourth-order valence-electron chi connectivity index (χ4n) is 2.51. The summed E-state index contributed by atoms with van der Waals surface area (Å²) in [5.74, 6) is 0. The summed E-state index contributed by atoms with van der Waals surface area (Å²) in [5.41, 5.74) is 0.370. The fraction of sp³-hybridized carbons (Fsp3) is 0.917. The fourth-order valence-corrected chi connectivity index (χ4v) is 2.51. The summed E-state index contributed by atoms with van der Waals surface area (Å²) < 4.78 is 5.35. The number of piperidine rings is 1. The van der Waals surface area contributed by atoms with E-state index < -0.39 is 0 Å². The highest BCUT2D eigenvalue weighted by Gasteiger charge is 2.43. The quantitative estimate of drug-likeness (QED) is 0.706. The third-order valence-electron chi connectivity index (χ3n) is 3.84. The molecule has 15 heavy (non-hydrogen) atoms. The van der Waals surface area contributed by atoms with Crippen LogP contribution in [0.4, 0.5) is 0 Å². The van der Waals surface area contributed by atoms with Crippen molar-refractivity contribution < 1.29 is 4.74 Å². The van der Waals surface area contributed by atoms with Gasteiger partial charge in [0.15, 0.2) is 0 Å². The van der Waals surface area contributed by atoms with Crippen molar-refractivity contribution in [2.24, 2.45) is 5.41 Å². The molecule has 1 saturated heterocycles. The lowest BCUT2D eigenvalue weighted by Crippen LogP contribution is -2.39. The number of hydrogen-bond donors (Lipinski definition) is 0. The molecule has 0 atom stereocenters. The second-order valence-corrected chi connectivity index (χ2v) is 5.05. The van der Waals surface area contributed by atoms with Gasteiger partial charge in [-0.25, -0.2) is 0 Å². The SMILES string of the molecule is COC1CCN(CC2(CC#N)CC2)CC1. The summed E-state index contributed by atoms with van der Waals surface area (Å²) in [6.07, 6.45) is 6.03. The molecule has 0 aromatic carbocycles. The molecule has 3 heteroatoms. The molecule has 1 aliphatic heterocycles. The van der Waals surface area contributed by atoms with Gasteiger partial charge >= 0.3 is 0 Å². The first-order chi connectivity index (χ1) is 7.28. The number of nitriles is 1. The van der Waals surface area contributed by atoms with Gasteiger partial charge in [-0.05, 0) is 31.1 Å². The second-order valence-electron chi connectivity index (χ2n) is 5.05. The summed E-state index contributed by atoms with van der Waals surface area (Å²) in [7, 11) is 1.80. The van der Waals surface area contributed by atoms with Gasteiger partial charge in [0.2, 0.25) is 0 Å². The van der Waals surface area contributed by atoms with Crippen LogP contribution in [0.25, 0.3) is 0 Å². The summed E-state index contributed by atoms with van der Waals surface area (Å²) in [6, 6.07) is 2.33. The maximum atomic E-state index is 8.76. The molecule has 1 heterocycles. The molecule has 0 spiro atoms. The zero-order chi connectivity index (χ0) is 10.7. The Bertz CT molecular complexity index is 247. The van der Waals surface area contributed by atoms with Gasteiger partial charge in [-0.15, -0.1) is 0 Å². The number of nitrogens with zero attached hydrogens (tertiary/aromatic N) is 2. The molecule has 2 rings (SSSR count). The Labute approximate surface area is 92.0 Å². The van der Waals surface area contributed by atoms with Crippen molar-refractivity contribution in [2.75, 3.05) is 26.7 Å². The number of rotatable bonds is 4.